The standard InChI is InChI=1S/C19H14ClN3O2S/c20-13-4-1-3-11(7-13)18(25)23-19-21-10-14-15(22-19)8-12(9-16(14)24)17-5-2-6-26-17/h1-7,10,12H,8-9H2,(H,21,22,23,25)/t12-/m1/s1. The van der Waals surface area contributed by atoms with Crippen molar-refractivity contribution in [3.8, 4) is 0 Å². The Balaban J connectivity index is 1.58. The van der Waals surface area contributed by atoms with Gasteiger partial charge in [0.1, 0.15) is 0 Å². The Morgan fingerprint density at radius 3 is 2.88 bits per heavy atom. The van der Waals surface area contributed by atoms with Crippen LogP contribution in [-0.2, 0) is 6.42 Å². The molecule has 0 spiro atoms. The summed E-state index contributed by atoms with van der Waals surface area (Å²) in [5, 5.41) is 5.16. The molecule has 2 aromatic heterocycles. The molecule has 1 amide bonds. The van der Waals surface area contributed by atoms with Gasteiger partial charge in [-0.05, 0) is 36.1 Å². The molecule has 7 heteroatoms. The fourth-order valence-electron chi connectivity index (χ4n) is 3.03. The molecule has 1 atom stereocenters. The van der Waals surface area contributed by atoms with E-state index in [2.05, 4.69) is 15.3 Å². The van der Waals surface area contributed by atoms with E-state index in [9.17, 15) is 9.59 Å². The smallest absolute Gasteiger partial charge is 0.258 e. The number of rotatable bonds is 3. The lowest BCUT2D eigenvalue weighted by molar-refractivity contribution is 0.0963. The number of anilines is 1. The summed E-state index contributed by atoms with van der Waals surface area (Å²) in [5.41, 5.74) is 1.64. The fourth-order valence-corrected chi connectivity index (χ4v) is 4.05. The van der Waals surface area contributed by atoms with Crippen molar-refractivity contribution in [3.05, 3.63) is 74.7 Å². The quantitative estimate of drug-likeness (QED) is 0.729. The van der Waals surface area contributed by atoms with Crippen molar-refractivity contribution in [2.75, 3.05) is 5.32 Å². The lowest BCUT2D eigenvalue weighted by Gasteiger charge is -2.22. The minimum absolute atomic E-state index is 0.0392. The van der Waals surface area contributed by atoms with Gasteiger partial charge in [0.05, 0.1) is 11.3 Å². The molecule has 0 bridgehead atoms. The van der Waals surface area contributed by atoms with Gasteiger partial charge in [-0.25, -0.2) is 9.97 Å². The Morgan fingerprint density at radius 1 is 1.23 bits per heavy atom. The van der Waals surface area contributed by atoms with Gasteiger partial charge >= 0.3 is 0 Å². The highest BCUT2D eigenvalue weighted by Gasteiger charge is 2.28. The van der Waals surface area contributed by atoms with Crippen LogP contribution in [0.25, 0.3) is 0 Å². The van der Waals surface area contributed by atoms with Crippen LogP contribution >= 0.6 is 22.9 Å². The Kier molecular flexibility index (Phi) is 4.53. The van der Waals surface area contributed by atoms with Gasteiger partial charge < -0.3 is 0 Å². The third kappa shape index (κ3) is 3.38. The number of fused-ring (bicyclic) bond motifs is 1. The number of benzene rings is 1. The van der Waals surface area contributed by atoms with Crippen LogP contribution in [0.1, 0.15) is 43.6 Å². The van der Waals surface area contributed by atoms with Gasteiger partial charge in [-0.3, -0.25) is 14.9 Å². The monoisotopic (exact) mass is 383 g/mol. The molecular formula is C19H14ClN3O2S. The number of nitrogens with zero attached hydrogens (tertiary/aromatic N) is 2. The molecule has 0 unspecified atom stereocenters. The average molecular weight is 384 g/mol. The molecule has 1 aromatic carbocycles. The number of carbonyl (C=O) groups is 2. The van der Waals surface area contributed by atoms with Crippen LogP contribution in [-0.4, -0.2) is 21.7 Å². The van der Waals surface area contributed by atoms with Crippen molar-refractivity contribution in [1.82, 2.24) is 9.97 Å². The van der Waals surface area contributed by atoms with Gasteiger partial charge in [-0.1, -0.05) is 23.7 Å². The molecule has 1 N–H and O–H groups in total. The minimum atomic E-state index is -0.343. The predicted molar refractivity (Wildman–Crippen MR) is 101 cm³/mol. The van der Waals surface area contributed by atoms with Gasteiger partial charge in [-0.2, -0.15) is 0 Å². The number of ketones is 1. The Bertz CT molecular complexity index is 988. The first kappa shape index (κ1) is 16.9. The molecule has 1 aliphatic rings. The average Bonchev–Trinajstić information content (AvgIpc) is 3.16. The van der Waals surface area contributed by atoms with Crippen LogP contribution in [0.15, 0.2) is 48.0 Å². The molecule has 0 saturated heterocycles. The van der Waals surface area contributed by atoms with Crippen molar-refractivity contribution < 1.29 is 9.59 Å². The van der Waals surface area contributed by atoms with Gasteiger partial charge in [0.15, 0.2) is 5.78 Å². The minimum Gasteiger partial charge on any atom is -0.294 e. The molecule has 0 aliphatic heterocycles. The highest BCUT2D eigenvalue weighted by atomic mass is 35.5. The first-order chi connectivity index (χ1) is 12.6. The number of amides is 1. The lowest BCUT2D eigenvalue weighted by atomic mass is 9.86. The number of hydrogen-bond acceptors (Lipinski definition) is 5. The van der Waals surface area contributed by atoms with E-state index in [4.69, 9.17) is 11.6 Å². The van der Waals surface area contributed by atoms with Crippen LogP contribution in [0.3, 0.4) is 0 Å². The molecule has 130 valence electrons. The van der Waals surface area contributed by atoms with Crippen LogP contribution < -0.4 is 5.32 Å². The normalized spacial score (nSPS) is 16.2. The Morgan fingerprint density at radius 2 is 2.12 bits per heavy atom. The highest BCUT2D eigenvalue weighted by Crippen LogP contribution is 2.34. The SMILES string of the molecule is O=C(Nc1ncc2c(n1)C[C@@H](c1cccs1)CC2=O)c1cccc(Cl)c1. The van der Waals surface area contributed by atoms with Crippen molar-refractivity contribution >= 4 is 40.6 Å². The molecule has 2 heterocycles. The first-order valence-corrected chi connectivity index (χ1v) is 9.35. The maximum atomic E-state index is 12.4. The van der Waals surface area contributed by atoms with E-state index in [0.717, 1.165) is 0 Å². The van der Waals surface area contributed by atoms with E-state index in [1.807, 2.05) is 17.5 Å². The Hall–Kier alpha value is -2.57. The van der Waals surface area contributed by atoms with E-state index < -0.39 is 0 Å². The number of aromatic nitrogens is 2. The number of halogens is 1. The number of Topliss-reactive ketones (excluding diaryl/α,β-unsaturated/α-hetero) is 1. The van der Waals surface area contributed by atoms with Crippen molar-refractivity contribution in [2.24, 2.45) is 0 Å². The van der Waals surface area contributed by atoms with Crippen LogP contribution in [0.4, 0.5) is 5.95 Å². The fraction of sp³-hybridized carbons (Fsp3) is 0.158. The molecule has 5 nitrogen and oxygen atoms in total. The molecule has 0 saturated carbocycles. The summed E-state index contributed by atoms with van der Waals surface area (Å²) in [6, 6.07) is 10.7. The zero-order valence-electron chi connectivity index (χ0n) is 13.6. The summed E-state index contributed by atoms with van der Waals surface area (Å²) >= 11 is 7.56. The zero-order chi connectivity index (χ0) is 18.1. The third-order valence-electron chi connectivity index (χ3n) is 4.30. The summed E-state index contributed by atoms with van der Waals surface area (Å²) in [7, 11) is 0. The van der Waals surface area contributed by atoms with Crippen LogP contribution in [0.2, 0.25) is 5.02 Å². The van der Waals surface area contributed by atoms with E-state index >= 15 is 0 Å². The van der Waals surface area contributed by atoms with Crippen molar-refractivity contribution in [2.45, 2.75) is 18.8 Å². The summed E-state index contributed by atoms with van der Waals surface area (Å²) in [6.45, 7) is 0. The highest BCUT2D eigenvalue weighted by molar-refractivity contribution is 7.10. The topological polar surface area (TPSA) is 72.0 Å². The summed E-state index contributed by atoms with van der Waals surface area (Å²) in [4.78, 5) is 34.5. The van der Waals surface area contributed by atoms with E-state index in [-0.39, 0.29) is 23.6 Å². The van der Waals surface area contributed by atoms with Crippen LogP contribution in [0.5, 0.6) is 0 Å². The van der Waals surface area contributed by atoms with E-state index in [1.54, 1.807) is 35.6 Å². The van der Waals surface area contributed by atoms with Gasteiger partial charge in [-0.15, -0.1) is 11.3 Å². The molecule has 1 aliphatic carbocycles. The largest absolute Gasteiger partial charge is 0.294 e. The van der Waals surface area contributed by atoms with Gasteiger partial charge in [0, 0.05) is 34.0 Å². The third-order valence-corrected chi connectivity index (χ3v) is 5.57. The number of hydrogen-bond donors (Lipinski definition) is 1. The zero-order valence-corrected chi connectivity index (χ0v) is 15.2. The summed E-state index contributed by atoms with van der Waals surface area (Å²) in [5.74, 6) is 0.0106. The van der Waals surface area contributed by atoms with Crippen LogP contribution in [0, 0.1) is 0 Å². The maximum absolute atomic E-state index is 12.4. The molecule has 3 aromatic rings. The van der Waals surface area contributed by atoms with Gasteiger partial charge in [0.25, 0.3) is 5.91 Å². The van der Waals surface area contributed by atoms with E-state index in [1.165, 1.54) is 11.1 Å². The van der Waals surface area contributed by atoms with Gasteiger partial charge in [0.2, 0.25) is 5.95 Å². The number of thiophene rings is 1. The predicted octanol–water partition coefficient (Wildman–Crippen LogP) is 4.36. The second kappa shape index (κ2) is 6.97. The maximum Gasteiger partial charge on any atom is 0.258 e. The van der Waals surface area contributed by atoms with E-state index in [0.29, 0.717) is 34.7 Å². The van der Waals surface area contributed by atoms with Crippen molar-refractivity contribution in [1.29, 1.82) is 0 Å². The Labute approximate surface area is 159 Å². The second-order valence-electron chi connectivity index (χ2n) is 6.06. The molecule has 0 fully saturated rings. The molecule has 0 radical (unpaired) electrons. The van der Waals surface area contributed by atoms with Crippen molar-refractivity contribution in [3.63, 3.8) is 0 Å². The summed E-state index contributed by atoms with van der Waals surface area (Å²) < 4.78 is 0. The second-order valence-corrected chi connectivity index (χ2v) is 7.48. The number of carbonyl (C=O) groups excluding carboxylic acids is 2. The number of nitrogens with one attached hydrogen (secondary N) is 1. The first-order valence-electron chi connectivity index (χ1n) is 8.09. The lowest BCUT2D eigenvalue weighted by Crippen LogP contribution is -2.22. The molecular weight excluding hydrogens is 370 g/mol. The molecule has 4 rings (SSSR count). The summed E-state index contributed by atoms with van der Waals surface area (Å²) in [6.07, 6.45) is 2.62. The molecule has 26 heavy (non-hydrogen) atoms.